The molecule has 27 heavy (non-hydrogen) atoms. The molecule has 0 radical (unpaired) electrons. The van der Waals surface area contributed by atoms with Gasteiger partial charge in [-0.15, -0.1) is 5.10 Å². The third-order valence-electron chi connectivity index (χ3n) is 3.86. The zero-order chi connectivity index (χ0) is 18.6. The summed E-state index contributed by atoms with van der Waals surface area (Å²) >= 11 is 12.0. The molecule has 0 atom stereocenters. The van der Waals surface area contributed by atoms with E-state index in [0.29, 0.717) is 27.2 Å². The third kappa shape index (κ3) is 3.92. The van der Waals surface area contributed by atoms with Gasteiger partial charge in [0, 0.05) is 17.2 Å². The van der Waals surface area contributed by atoms with Crippen molar-refractivity contribution in [1.29, 1.82) is 0 Å². The van der Waals surface area contributed by atoms with Gasteiger partial charge in [-0.25, -0.2) is 0 Å². The average Bonchev–Trinajstić information content (AvgIpc) is 2.72. The molecule has 0 unspecified atom stereocenters. The van der Waals surface area contributed by atoms with E-state index in [0.717, 1.165) is 11.1 Å². The Morgan fingerprint density at radius 3 is 1.89 bits per heavy atom. The highest BCUT2D eigenvalue weighted by atomic mass is 35.5. The molecule has 0 aliphatic carbocycles. The number of nitrogens with zero attached hydrogens (tertiary/aromatic N) is 3. The first-order chi connectivity index (χ1) is 13.2. The maximum absolute atomic E-state index is 6.04. The maximum Gasteiger partial charge on any atom is 0.341 e. The molecular weight excluding hydrogens is 381 g/mol. The Morgan fingerprint density at radius 1 is 0.630 bits per heavy atom. The summed E-state index contributed by atoms with van der Waals surface area (Å²) in [7, 11) is 0. The average molecular weight is 394 g/mol. The zero-order valence-electron chi connectivity index (χ0n) is 14.0. The van der Waals surface area contributed by atoms with E-state index in [-0.39, 0.29) is 6.01 Å². The molecular formula is C21H13Cl2N3O. The molecule has 4 rings (SSSR count). The van der Waals surface area contributed by atoms with E-state index < -0.39 is 0 Å². The van der Waals surface area contributed by atoms with Crippen molar-refractivity contribution in [1.82, 2.24) is 15.2 Å². The van der Waals surface area contributed by atoms with E-state index in [4.69, 9.17) is 27.9 Å². The second kappa shape index (κ2) is 7.74. The lowest BCUT2D eigenvalue weighted by atomic mass is 10.0. The molecule has 0 aliphatic heterocycles. The van der Waals surface area contributed by atoms with Gasteiger partial charge in [0.05, 0.1) is 10.0 Å². The summed E-state index contributed by atoms with van der Waals surface area (Å²) in [4.78, 5) is 4.59. The van der Waals surface area contributed by atoms with E-state index in [1.54, 1.807) is 18.2 Å². The van der Waals surface area contributed by atoms with Gasteiger partial charge in [0.1, 0.15) is 17.1 Å². The van der Waals surface area contributed by atoms with Crippen LogP contribution in [0.5, 0.6) is 11.8 Å². The standard InChI is InChI=1S/C21H13Cl2N3O/c22-17-12-11-16(13-18(17)23)27-21-24-19(14-7-3-1-4-8-14)20(25-26-21)15-9-5-2-6-10-15/h1-13H. The first-order valence-corrected chi connectivity index (χ1v) is 8.95. The smallest absolute Gasteiger partial charge is 0.341 e. The molecule has 4 aromatic rings. The number of hydrogen-bond donors (Lipinski definition) is 0. The van der Waals surface area contributed by atoms with Crippen LogP contribution in [0.15, 0.2) is 78.9 Å². The number of benzene rings is 3. The van der Waals surface area contributed by atoms with Crippen molar-refractivity contribution in [2.24, 2.45) is 0 Å². The minimum Gasteiger partial charge on any atom is -0.423 e. The minimum absolute atomic E-state index is 0.131. The van der Waals surface area contributed by atoms with E-state index >= 15 is 0 Å². The summed E-state index contributed by atoms with van der Waals surface area (Å²) in [5, 5.41) is 9.34. The fraction of sp³-hybridized carbons (Fsp3) is 0. The highest BCUT2D eigenvalue weighted by Gasteiger charge is 2.14. The van der Waals surface area contributed by atoms with Crippen LogP contribution in [0.4, 0.5) is 0 Å². The predicted molar refractivity (Wildman–Crippen MR) is 107 cm³/mol. The number of aromatic nitrogens is 3. The topological polar surface area (TPSA) is 47.9 Å². The lowest BCUT2D eigenvalue weighted by Gasteiger charge is -2.10. The fourth-order valence-corrected chi connectivity index (χ4v) is 2.88. The number of halogens is 2. The van der Waals surface area contributed by atoms with Gasteiger partial charge in [-0.1, -0.05) is 89.0 Å². The van der Waals surface area contributed by atoms with E-state index in [1.165, 1.54) is 0 Å². The van der Waals surface area contributed by atoms with Crippen molar-refractivity contribution < 1.29 is 4.74 Å². The minimum atomic E-state index is 0.131. The summed E-state index contributed by atoms with van der Waals surface area (Å²) < 4.78 is 5.74. The Kier molecular flexibility index (Phi) is 5.01. The van der Waals surface area contributed by atoms with Crippen LogP contribution in [-0.4, -0.2) is 15.2 Å². The van der Waals surface area contributed by atoms with Crippen molar-refractivity contribution in [2.45, 2.75) is 0 Å². The van der Waals surface area contributed by atoms with E-state index in [9.17, 15) is 0 Å². The number of ether oxygens (including phenoxy) is 1. The molecule has 0 saturated carbocycles. The quantitative estimate of drug-likeness (QED) is 0.407. The maximum atomic E-state index is 6.04. The molecule has 0 N–H and O–H groups in total. The molecule has 0 bridgehead atoms. The van der Waals surface area contributed by atoms with Crippen LogP contribution in [0.1, 0.15) is 0 Å². The fourth-order valence-electron chi connectivity index (χ4n) is 2.59. The number of hydrogen-bond acceptors (Lipinski definition) is 4. The highest BCUT2D eigenvalue weighted by Crippen LogP contribution is 2.32. The van der Waals surface area contributed by atoms with Gasteiger partial charge < -0.3 is 4.74 Å². The van der Waals surface area contributed by atoms with Crippen molar-refractivity contribution in [3.63, 3.8) is 0 Å². The van der Waals surface area contributed by atoms with Crippen molar-refractivity contribution in [3.8, 4) is 34.3 Å². The van der Waals surface area contributed by atoms with Crippen LogP contribution >= 0.6 is 23.2 Å². The summed E-state index contributed by atoms with van der Waals surface area (Å²) in [6, 6.07) is 24.7. The Balaban J connectivity index is 1.78. The normalized spacial score (nSPS) is 10.6. The molecule has 4 nitrogen and oxygen atoms in total. The predicted octanol–water partition coefficient (Wildman–Crippen LogP) is 6.30. The molecule has 0 spiro atoms. The molecule has 0 aliphatic rings. The van der Waals surface area contributed by atoms with Crippen LogP contribution < -0.4 is 4.74 Å². The molecule has 1 aromatic heterocycles. The molecule has 1 heterocycles. The van der Waals surface area contributed by atoms with Crippen LogP contribution in [0, 0.1) is 0 Å². The van der Waals surface area contributed by atoms with E-state index in [2.05, 4.69) is 15.2 Å². The Labute approximate surface area is 166 Å². The van der Waals surface area contributed by atoms with Crippen LogP contribution in [0.2, 0.25) is 10.0 Å². The van der Waals surface area contributed by atoms with Gasteiger partial charge in [-0.2, -0.15) is 4.98 Å². The molecule has 0 amide bonds. The second-order valence-electron chi connectivity index (χ2n) is 5.70. The van der Waals surface area contributed by atoms with Gasteiger partial charge in [-0.3, -0.25) is 0 Å². The summed E-state index contributed by atoms with van der Waals surface area (Å²) in [5.74, 6) is 0.484. The van der Waals surface area contributed by atoms with Gasteiger partial charge in [0.2, 0.25) is 0 Å². The first kappa shape index (κ1) is 17.5. The van der Waals surface area contributed by atoms with Crippen LogP contribution in [0.3, 0.4) is 0 Å². The zero-order valence-corrected chi connectivity index (χ0v) is 15.5. The van der Waals surface area contributed by atoms with Crippen LogP contribution in [-0.2, 0) is 0 Å². The molecule has 0 fully saturated rings. The van der Waals surface area contributed by atoms with Crippen molar-refractivity contribution >= 4 is 23.2 Å². The largest absolute Gasteiger partial charge is 0.423 e. The summed E-state index contributed by atoms with van der Waals surface area (Å²) in [5.41, 5.74) is 3.22. The Morgan fingerprint density at radius 2 is 1.26 bits per heavy atom. The van der Waals surface area contributed by atoms with Crippen molar-refractivity contribution in [2.75, 3.05) is 0 Å². The van der Waals surface area contributed by atoms with Gasteiger partial charge in [-0.05, 0) is 12.1 Å². The Bertz CT molecular complexity index is 1070. The van der Waals surface area contributed by atoms with Gasteiger partial charge in [0.15, 0.2) is 0 Å². The summed E-state index contributed by atoms with van der Waals surface area (Å²) in [6.45, 7) is 0. The molecule has 0 saturated heterocycles. The first-order valence-electron chi connectivity index (χ1n) is 8.19. The lowest BCUT2D eigenvalue weighted by Crippen LogP contribution is -2.00. The SMILES string of the molecule is Clc1ccc(Oc2nnc(-c3ccccc3)c(-c3ccccc3)n2)cc1Cl. The van der Waals surface area contributed by atoms with Gasteiger partial charge >= 0.3 is 6.01 Å². The molecule has 6 heteroatoms. The third-order valence-corrected chi connectivity index (χ3v) is 4.60. The summed E-state index contributed by atoms with van der Waals surface area (Å²) in [6.07, 6.45) is 0. The van der Waals surface area contributed by atoms with Crippen LogP contribution in [0.25, 0.3) is 22.5 Å². The highest BCUT2D eigenvalue weighted by molar-refractivity contribution is 6.42. The Hall–Kier alpha value is -2.95. The molecule has 132 valence electrons. The van der Waals surface area contributed by atoms with Gasteiger partial charge in [0.25, 0.3) is 0 Å². The lowest BCUT2D eigenvalue weighted by molar-refractivity contribution is 0.434. The van der Waals surface area contributed by atoms with E-state index in [1.807, 2.05) is 60.7 Å². The monoisotopic (exact) mass is 393 g/mol. The molecule has 3 aromatic carbocycles. The number of rotatable bonds is 4. The second-order valence-corrected chi connectivity index (χ2v) is 6.52. The van der Waals surface area contributed by atoms with Crippen molar-refractivity contribution in [3.05, 3.63) is 88.9 Å².